The number of rotatable bonds is 4. The summed E-state index contributed by atoms with van der Waals surface area (Å²) in [7, 11) is 1.37. The van der Waals surface area contributed by atoms with E-state index in [-0.39, 0.29) is 24.5 Å². The highest BCUT2D eigenvalue weighted by atomic mass is 32.1. The molecular formula is C21H22N2O3S. The van der Waals surface area contributed by atoms with Crippen LogP contribution in [0.25, 0.3) is 10.9 Å². The number of hydrogen-bond acceptors (Lipinski definition) is 4. The standard InChI is InChI=1S/C21H22N2O3S/c1-3-17-15-9-11-27-19(15)8-10-23(17)20(24)13-22-12-16(21(25)26-2)14-6-4-5-7-18(14)22/h4-7,9,11-12,17H,3,8,10,13H2,1-2H3. The molecule has 0 N–H and O–H groups in total. The van der Waals surface area contributed by atoms with Gasteiger partial charge in [0.15, 0.2) is 0 Å². The van der Waals surface area contributed by atoms with E-state index in [1.54, 1.807) is 17.5 Å². The molecule has 4 rings (SSSR count). The van der Waals surface area contributed by atoms with E-state index in [0.29, 0.717) is 5.56 Å². The molecule has 0 radical (unpaired) electrons. The summed E-state index contributed by atoms with van der Waals surface area (Å²) >= 11 is 1.78. The van der Waals surface area contributed by atoms with E-state index in [4.69, 9.17) is 4.74 Å². The summed E-state index contributed by atoms with van der Waals surface area (Å²) in [6.07, 6.45) is 3.54. The summed E-state index contributed by atoms with van der Waals surface area (Å²) in [6.45, 7) is 3.08. The molecule has 0 spiro atoms. The van der Waals surface area contributed by atoms with Gasteiger partial charge in [-0.3, -0.25) is 4.79 Å². The zero-order valence-corrected chi connectivity index (χ0v) is 16.3. The lowest BCUT2D eigenvalue weighted by atomic mass is 9.98. The van der Waals surface area contributed by atoms with Gasteiger partial charge in [0.05, 0.1) is 18.7 Å². The number of esters is 1. The van der Waals surface area contributed by atoms with Crippen molar-refractivity contribution in [3.63, 3.8) is 0 Å². The molecule has 6 heteroatoms. The Morgan fingerprint density at radius 2 is 2.07 bits per heavy atom. The Bertz CT molecular complexity index is 1000. The molecular weight excluding hydrogens is 360 g/mol. The normalized spacial score (nSPS) is 16.4. The molecule has 1 aliphatic rings. The summed E-state index contributed by atoms with van der Waals surface area (Å²) in [5.41, 5.74) is 2.65. The first-order valence-electron chi connectivity index (χ1n) is 9.16. The van der Waals surface area contributed by atoms with Crippen molar-refractivity contribution in [1.82, 2.24) is 9.47 Å². The highest BCUT2D eigenvalue weighted by molar-refractivity contribution is 7.10. The lowest BCUT2D eigenvalue weighted by Crippen LogP contribution is -2.41. The Balaban J connectivity index is 1.65. The van der Waals surface area contributed by atoms with Gasteiger partial charge >= 0.3 is 5.97 Å². The number of aromatic nitrogens is 1. The van der Waals surface area contributed by atoms with E-state index in [2.05, 4.69) is 18.4 Å². The van der Waals surface area contributed by atoms with Gasteiger partial charge < -0.3 is 14.2 Å². The number of carbonyl (C=O) groups is 2. The number of hydrogen-bond donors (Lipinski definition) is 0. The highest BCUT2D eigenvalue weighted by Crippen LogP contribution is 2.35. The van der Waals surface area contributed by atoms with Gasteiger partial charge in [-0.25, -0.2) is 4.79 Å². The molecule has 1 aromatic carbocycles. The first kappa shape index (κ1) is 17.8. The molecule has 1 amide bonds. The van der Waals surface area contributed by atoms with Gasteiger partial charge in [-0.05, 0) is 35.9 Å². The molecule has 3 heterocycles. The van der Waals surface area contributed by atoms with Gasteiger partial charge in [-0.15, -0.1) is 11.3 Å². The Morgan fingerprint density at radius 1 is 1.26 bits per heavy atom. The Hall–Kier alpha value is -2.60. The van der Waals surface area contributed by atoms with Crippen molar-refractivity contribution in [2.45, 2.75) is 32.4 Å². The minimum Gasteiger partial charge on any atom is -0.465 e. The fourth-order valence-electron chi connectivity index (χ4n) is 4.02. The molecule has 0 aliphatic carbocycles. The van der Waals surface area contributed by atoms with Crippen LogP contribution < -0.4 is 0 Å². The molecule has 3 aromatic rings. The smallest absolute Gasteiger partial charge is 0.340 e. The quantitative estimate of drug-likeness (QED) is 0.640. The van der Waals surface area contributed by atoms with Crippen molar-refractivity contribution in [3.05, 3.63) is 57.9 Å². The van der Waals surface area contributed by atoms with E-state index in [0.717, 1.165) is 30.3 Å². The number of para-hydroxylation sites is 1. The van der Waals surface area contributed by atoms with Gasteiger partial charge in [0.25, 0.3) is 0 Å². The Labute approximate surface area is 162 Å². The second-order valence-corrected chi connectivity index (χ2v) is 7.74. The third-order valence-corrected chi connectivity index (χ3v) is 6.30. The van der Waals surface area contributed by atoms with Crippen LogP contribution in [0.4, 0.5) is 0 Å². The second kappa shape index (κ2) is 7.19. The van der Waals surface area contributed by atoms with Gasteiger partial charge in [0, 0.05) is 28.5 Å². The van der Waals surface area contributed by atoms with E-state index in [1.165, 1.54) is 17.6 Å². The monoisotopic (exact) mass is 382 g/mol. The van der Waals surface area contributed by atoms with Crippen LogP contribution in [0.2, 0.25) is 0 Å². The van der Waals surface area contributed by atoms with Crippen LogP contribution in [0.3, 0.4) is 0 Å². The summed E-state index contributed by atoms with van der Waals surface area (Å²) < 4.78 is 6.76. The molecule has 0 fully saturated rings. The van der Waals surface area contributed by atoms with Gasteiger partial charge in [-0.1, -0.05) is 25.1 Å². The van der Waals surface area contributed by atoms with Gasteiger partial charge in [0.2, 0.25) is 5.91 Å². The molecule has 27 heavy (non-hydrogen) atoms. The van der Waals surface area contributed by atoms with E-state index < -0.39 is 0 Å². The lowest BCUT2D eigenvalue weighted by molar-refractivity contribution is -0.134. The number of thiophene rings is 1. The van der Waals surface area contributed by atoms with Crippen LogP contribution in [0, 0.1) is 0 Å². The number of amides is 1. The maximum absolute atomic E-state index is 13.2. The molecule has 5 nitrogen and oxygen atoms in total. The van der Waals surface area contributed by atoms with Crippen molar-refractivity contribution in [1.29, 1.82) is 0 Å². The van der Waals surface area contributed by atoms with Crippen molar-refractivity contribution in [2.75, 3.05) is 13.7 Å². The van der Waals surface area contributed by atoms with Crippen molar-refractivity contribution in [3.8, 4) is 0 Å². The van der Waals surface area contributed by atoms with Crippen LogP contribution in [0.1, 0.15) is 40.2 Å². The zero-order chi connectivity index (χ0) is 19.0. The summed E-state index contributed by atoms with van der Waals surface area (Å²) in [5.74, 6) is -0.305. The van der Waals surface area contributed by atoms with Crippen LogP contribution >= 0.6 is 11.3 Å². The van der Waals surface area contributed by atoms with Crippen molar-refractivity contribution in [2.24, 2.45) is 0 Å². The van der Waals surface area contributed by atoms with E-state index in [1.807, 2.05) is 33.7 Å². The fraction of sp³-hybridized carbons (Fsp3) is 0.333. The first-order chi connectivity index (χ1) is 13.1. The van der Waals surface area contributed by atoms with Crippen LogP contribution in [-0.2, 0) is 22.5 Å². The number of methoxy groups -OCH3 is 1. The van der Waals surface area contributed by atoms with Crippen molar-refractivity contribution >= 4 is 34.1 Å². The second-order valence-electron chi connectivity index (χ2n) is 6.74. The summed E-state index contributed by atoms with van der Waals surface area (Å²) in [5, 5.41) is 2.92. The maximum Gasteiger partial charge on any atom is 0.340 e. The average Bonchev–Trinajstić information content (AvgIpc) is 3.31. The zero-order valence-electron chi connectivity index (χ0n) is 15.5. The molecule has 2 aromatic heterocycles. The number of nitrogens with zero attached hydrogens (tertiary/aromatic N) is 2. The number of benzene rings is 1. The molecule has 1 aliphatic heterocycles. The van der Waals surface area contributed by atoms with Crippen LogP contribution in [-0.4, -0.2) is 35.0 Å². The molecule has 1 atom stereocenters. The average molecular weight is 382 g/mol. The Morgan fingerprint density at radius 3 is 2.85 bits per heavy atom. The predicted octanol–water partition coefficient (Wildman–Crippen LogP) is 4.03. The predicted molar refractivity (Wildman–Crippen MR) is 106 cm³/mol. The van der Waals surface area contributed by atoms with Crippen LogP contribution in [0.5, 0.6) is 0 Å². The number of fused-ring (bicyclic) bond motifs is 2. The minimum atomic E-state index is -0.385. The first-order valence-corrected chi connectivity index (χ1v) is 10.0. The van der Waals surface area contributed by atoms with E-state index >= 15 is 0 Å². The SMILES string of the molecule is CCC1c2ccsc2CCN1C(=O)Cn1cc(C(=O)OC)c2ccccc21. The highest BCUT2D eigenvalue weighted by Gasteiger charge is 2.30. The molecule has 140 valence electrons. The van der Waals surface area contributed by atoms with E-state index in [9.17, 15) is 9.59 Å². The molecule has 0 saturated heterocycles. The largest absolute Gasteiger partial charge is 0.465 e. The lowest BCUT2D eigenvalue weighted by Gasteiger charge is -2.35. The summed E-state index contributed by atoms with van der Waals surface area (Å²) in [4.78, 5) is 28.6. The summed E-state index contributed by atoms with van der Waals surface area (Å²) in [6, 6.07) is 9.90. The topological polar surface area (TPSA) is 51.5 Å². The fourth-order valence-corrected chi connectivity index (χ4v) is 4.95. The number of carbonyl (C=O) groups excluding carboxylic acids is 2. The van der Waals surface area contributed by atoms with Crippen LogP contribution in [0.15, 0.2) is 41.9 Å². The van der Waals surface area contributed by atoms with Gasteiger partial charge in [-0.2, -0.15) is 0 Å². The maximum atomic E-state index is 13.2. The molecule has 0 saturated carbocycles. The van der Waals surface area contributed by atoms with Crippen molar-refractivity contribution < 1.29 is 14.3 Å². The third kappa shape index (κ3) is 3.04. The van der Waals surface area contributed by atoms with Gasteiger partial charge in [0.1, 0.15) is 6.54 Å². The molecule has 0 bridgehead atoms. The minimum absolute atomic E-state index is 0.0795. The Kier molecular flexibility index (Phi) is 4.74. The third-order valence-electron chi connectivity index (χ3n) is 5.30. The molecule has 1 unspecified atom stereocenters. The number of ether oxygens (including phenoxy) is 1.